The molecular formula is C11H20N2O2. The third-order valence-corrected chi connectivity index (χ3v) is 3.83. The molecule has 2 N–H and O–H groups in total. The second kappa shape index (κ2) is 4.10. The first-order chi connectivity index (χ1) is 7.19. The monoisotopic (exact) mass is 212 g/mol. The van der Waals surface area contributed by atoms with Crippen molar-refractivity contribution in [3.05, 3.63) is 0 Å². The average molecular weight is 212 g/mol. The number of rotatable bonds is 4. The van der Waals surface area contributed by atoms with Crippen LogP contribution in [0.25, 0.3) is 0 Å². The van der Waals surface area contributed by atoms with Crippen molar-refractivity contribution < 1.29 is 9.90 Å². The Labute approximate surface area is 90.6 Å². The number of aliphatic carboxylic acids is 1. The van der Waals surface area contributed by atoms with E-state index in [9.17, 15) is 9.90 Å². The van der Waals surface area contributed by atoms with Gasteiger partial charge in [-0.3, -0.25) is 4.79 Å². The second-order valence-electron chi connectivity index (χ2n) is 4.75. The summed E-state index contributed by atoms with van der Waals surface area (Å²) < 4.78 is 0. The lowest BCUT2D eigenvalue weighted by molar-refractivity contribution is -0.154. The molecule has 86 valence electrons. The first kappa shape index (κ1) is 10.9. The van der Waals surface area contributed by atoms with Gasteiger partial charge in [-0.15, -0.1) is 0 Å². The summed E-state index contributed by atoms with van der Waals surface area (Å²) in [5, 5.41) is 12.7. The molecule has 3 saturated heterocycles. The molecule has 4 nitrogen and oxygen atoms in total. The van der Waals surface area contributed by atoms with Crippen LogP contribution >= 0.6 is 0 Å². The van der Waals surface area contributed by atoms with Gasteiger partial charge in [-0.1, -0.05) is 6.92 Å². The molecule has 0 aromatic heterocycles. The third kappa shape index (κ3) is 1.76. The predicted octanol–water partition coefficient (Wildman–Crippen LogP) is 0.535. The summed E-state index contributed by atoms with van der Waals surface area (Å²) in [6.45, 7) is 5.72. The van der Waals surface area contributed by atoms with E-state index in [1.807, 2.05) is 0 Å². The molecule has 4 heteroatoms. The van der Waals surface area contributed by atoms with E-state index in [0.29, 0.717) is 12.5 Å². The molecule has 0 aliphatic carbocycles. The largest absolute Gasteiger partial charge is 0.480 e. The van der Waals surface area contributed by atoms with Gasteiger partial charge in [0.15, 0.2) is 0 Å². The highest BCUT2D eigenvalue weighted by molar-refractivity contribution is 5.80. The smallest absolute Gasteiger partial charge is 0.325 e. The fraction of sp³-hybridized carbons (Fsp3) is 0.909. The molecule has 15 heavy (non-hydrogen) atoms. The van der Waals surface area contributed by atoms with Crippen molar-refractivity contribution in [2.45, 2.75) is 31.7 Å². The summed E-state index contributed by atoms with van der Waals surface area (Å²) in [6.07, 6.45) is 3.05. The van der Waals surface area contributed by atoms with Crippen LogP contribution in [-0.4, -0.2) is 47.7 Å². The van der Waals surface area contributed by atoms with Crippen molar-refractivity contribution in [1.29, 1.82) is 0 Å². The zero-order valence-electron chi connectivity index (χ0n) is 9.33. The van der Waals surface area contributed by atoms with Crippen LogP contribution in [0.15, 0.2) is 0 Å². The maximum absolute atomic E-state index is 11.5. The Morgan fingerprint density at radius 3 is 2.60 bits per heavy atom. The van der Waals surface area contributed by atoms with Crippen molar-refractivity contribution >= 4 is 5.97 Å². The molecule has 3 aliphatic rings. The summed E-state index contributed by atoms with van der Waals surface area (Å²) in [5.74, 6) is -0.336. The molecule has 0 amide bonds. The average Bonchev–Trinajstić information content (AvgIpc) is 2.27. The molecule has 0 aromatic rings. The van der Waals surface area contributed by atoms with E-state index in [0.717, 1.165) is 38.9 Å². The molecule has 0 spiro atoms. The Bertz CT molecular complexity index is 249. The molecule has 3 heterocycles. The molecule has 3 rings (SSSR count). The predicted molar refractivity (Wildman–Crippen MR) is 57.8 cm³/mol. The highest BCUT2D eigenvalue weighted by atomic mass is 16.4. The number of carboxylic acids is 1. The Morgan fingerprint density at radius 2 is 2.20 bits per heavy atom. The first-order valence-electron chi connectivity index (χ1n) is 5.90. The van der Waals surface area contributed by atoms with E-state index >= 15 is 0 Å². The van der Waals surface area contributed by atoms with Crippen LogP contribution < -0.4 is 5.32 Å². The number of nitrogens with one attached hydrogen (secondary N) is 1. The lowest BCUT2D eigenvalue weighted by atomic mass is 9.72. The Morgan fingerprint density at radius 1 is 1.53 bits per heavy atom. The van der Waals surface area contributed by atoms with E-state index in [2.05, 4.69) is 17.1 Å². The zero-order valence-corrected chi connectivity index (χ0v) is 9.33. The minimum absolute atomic E-state index is 0.326. The molecule has 1 unspecified atom stereocenters. The van der Waals surface area contributed by atoms with E-state index in [1.54, 1.807) is 0 Å². The van der Waals surface area contributed by atoms with E-state index in [1.165, 1.54) is 0 Å². The maximum Gasteiger partial charge on any atom is 0.325 e. The topological polar surface area (TPSA) is 52.6 Å². The number of hydrogen-bond donors (Lipinski definition) is 2. The van der Waals surface area contributed by atoms with Crippen molar-refractivity contribution in [3.8, 4) is 0 Å². The lowest BCUT2D eigenvalue weighted by Crippen LogP contribution is -2.69. The fourth-order valence-corrected chi connectivity index (χ4v) is 2.93. The van der Waals surface area contributed by atoms with Crippen LogP contribution in [0.5, 0.6) is 0 Å². The van der Waals surface area contributed by atoms with Gasteiger partial charge in [0, 0.05) is 6.54 Å². The SMILES string of the molecule is CCCNC1(C(=O)O)CN2CCC1CC2. The van der Waals surface area contributed by atoms with Crippen LogP contribution in [-0.2, 0) is 4.79 Å². The van der Waals surface area contributed by atoms with E-state index in [4.69, 9.17) is 0 Å². The maximum atomic E-state index is 11.5. The number of nitrogens with zero attached hydrogens (tertiary/aromatic N) is 1. The molecule has 2 bridgehead atoms. The van der Waals surface area contributed by atoms with Crippen molar-refractivity contribution in [2.24, 2.45) is 5.92 Å². The Hall–Kier alpha value is -0.610. The van der Waals surface area contributed by atoms with Gasteiger partial charge in [0.25, 0.3) is 0 Å². The third-order valence-electron chi connectivity index (χ3n) is 3.83. The summed E-state index contributed by atoms with van der Waals surface area (Å²) in [6, 6.07) is 0. The minimum Gasteiger partial charge on any atom is -0.480 e. The fourth-order valence-electron chi connectivity index (χ4n) is 2.93. The van der Waals surface area contributed by atoms with Crippen LogP contribution in [0.2, 0.25) is 0 Å². The molecular weight excluding hydrogens is 192 g/mol. The van der Waals surface area contributed by atoms with Gasteiger partial charge in [0.1, 0.15) is 5.54 Å². The number of carbonyl (C=O) groups is 1. The first-order valence-corrected chi connectivity index (χ1v) is 5.90. The van der Waals surface area contributed by atoms with Crippen LogP contribution in [0.4, 0.5) is 0 Å². The molecule has 0 aromatic carbocycles. The highest BCUT2D eigenvalue weighted by Crippen LogP contribution is 2.35. The number of carboxylic acid groups (broad SMARTS) is 1. The normalized spacial score (nSPS) is 39.3. The number of hydrogen-bond acceptors (Lipinski definition) is 3. The Kier molecular flexibility index (Phi) is 2.98. The lowest BCUT2D eigenvalue weighted by Gasteiger charge is -2.51. The second-order valence-corrected chi connectivity index (χ2v) is 4.75. The van der Waals surface area contributed by atoms with E-state index < -0.39 is 11.5 Å². The standard InChI is InChI=1S/C11H20N2O2/c1-2-5-12-11(10(14)15)8-13-6-3-9(11)4-7-13/h9,12H,2-8H2,1H3,(H,14,15). The number of fused-ring (bicyclic) bond motifs is 3. The summed E-state index contributed by atoms with van der Waals surface area (Å²) in [5.41, 5.74) is -0.660. The van der Waals surface area contributed by atoms with E-state index in [-0.39, 0.29) is 0 Å². The molecule has 3 fully saturated rings. The zero-order chi connectivity index (χ0) is 10.9. The Balaban J connectivity index is 2.15. The summed E-state index contributed by atoms with van der Waals surface area (Å²) >= 11 is 0. The molecule has 1 atom stereocenters. The van der Waals surface area contributed by atoms with Gasteiger partial charge in [0.05, 0.1) is 0 Å². The van der Waals surface area contributed by atoms with Gasteiger partial charge in [-0.25, -0.2) is 0 Å². The summed E-state index contributed by atoms with van der Waals surface area (Å²) in [7, 11) is 0. The molecule has 3 aliphatic heterocycles. The van der Waals surface area contributed by atoms with Crippen molar-refractivity contribution in [1.82, 2.24) is 10.2 Å². The van der Waals surface area contributed by atoms with Crippen LogP contribution in [0.1, 0.15) is 26.2 Å². The van der Waals surface area contributed by atoms with Gasteiger partial charge >= 0.3 is 5.97 Å². The van der Waals surface area contributed by atoms with Crippen LogP contribution in [0, 0.1) is 5.92 Å². The van der Waals surface area contributed by atoms with Crippen LogP contribution in [0.3, 0.4) is 0 Å². The van der Waals surface area contributed by atoms with Gasteiger partial charge < -0.3 is 15.3 Å². The molecule has 0 radical (unpaired) electrons. The van der Waals surface area contributed by atoms with Crippen molar-refractivity contribution in [2.75, 3.05) is 26.2 Å². The minimum atomic E-state index is -0.662. The quantitative estimate of drug-likeness (QED) is 0.714. The van der Waals surface area contributed by atoms with Crippen molar-refractivity contribution in [3.63, 3.8) is 0 Å². The molecule has 0 saturated carbocycles. The van der Waals surface area contributed by atoms with Gasteiger partial charge in [-0.2, -0.15) is 0 Å². The van der Waals surface area contributed by atoms with Gasteiger partial charge in [0.2, 0.25) is 0 Å². The summed E-state index contributed by atoms with van der Waals surface area (Å²) in [4.78, 5) is 13.8. The number of piperidine rings is 3. The highest BCUT2D eigenvalue weighted by Gasteiger charge is 2.51. The van der Waals surface area contributed by atoms with Gasteiger partial charge in [-0.05, 0) is 44.8 Å².